The number of esters is 1. The first-order valence-electron chi connectivity index (χ1n) is 13.3. The molecule has 0 bridgehead atoms. The fourth-order valence-corrected chi connectivity index (χ4v) is 5.58. The maximum absolute atomic E-state index is 13.7. The molecule has 11 nitrogen and oxygen atoms in total. The number of benzene rings is 2. The molecule has 0 radical (unpaired) electrons. The van der Waals surface area contributed by atoms with Crippen LogP contribution in [0, 0.1) is 6.92 Å². The van der Waals surface area contributed by atoms with Crippen molar-refractivity contribution in [3.05, 3.63) is 76.3 Å². The lowest BCUT2D eigenvalue weighted by molar-refractivity contribution is -0.132. The van der Waals surface area contributed by atoms with Crippen molar-refractivity contribution in [3.63, 3.8) is 0 Å². The van der Waals surface area contributed by atoms with E-state index in [2.05, 4.69) is 11.6 Å². The summed E-state index contributed by atoms with van der Waals surface area (Å²) >= 11 is 0.890. The molecule has 1 aliphatic heterocycles. The number of carbonyl (C=O) groups is 3. The van der Waals surface area contributed by atoms with E-state index in [1.54, 1.807) is 43.3 Å². The summed E-state index contributed by atoms with van der Waals surface area (Å²) in [6.45, 7) is 7.55. The SMILES string of the molecule is C=CCOC(=O)c1sc(N2C(=O)C(=O)C(=C(O)c3cccc(OCCC)c3)C2c2cc(OC)c(OC)c(OC)c2)nc1C. The first-order chi connectivity index (χ1) is 20.7. The number of thiazole rings is 1. The number of nitrogens with zero attached hydrogens (tertiary/aromatic N) is 2. The molecule has 0 aliphatic carbocycles. The molecule has 1 saturated heterocycles. The van der Waals surface area contributed by atoms with Gasteiger partial charge in [0, 0.05) is 5.56 Å². The van der Waals surface area contributed by atoms with Gasteiger partial charge in [-0.25, -0.2) is 9.78 Å². The summed E-state index contributed by atoms with van der Waals surface area (Å²) in [4.78, 5) is 45.8. The van der Waals surface area contributed by atoms with Crippen LogP contribution in [0.4, 0.5) is 5.13 Å². The van der Waals surface area contributed by atoms with Gasteiger partial charge in [-0.3, -0.25) is 14.5 Å². The van der Waals surface area contributed by atoms with Crippen LogP contribution in [0.25, 0.3) is 5.76 Å². The minimum absolute atomic E-state index is 0.0114. The lowest BCUT2D eigenvalue weighted by Crippen LogP contribution is -2.29. The average molecular weight is 609 g/mol. The van der Waals surface area contributed by atoms with E-state index in [1.165, 1.54) is 27.4 Å². The molecule has 1 unspecified atom stereocenters. The Morgan fingerprint density at radius 1 is 1.12 bits per heavy atom. The summed E-state index contributed by atoms with van der Waals surface area (Å²) < 4.78 is 27.4. The van der Waals surface area contributed by atoms with E-state index in [0.717, 1.165) is 22.7 Å². The number of hydrogen-bond donors (Lipinski definition) is 1. The Bertz CT molecular complexity index is 1570. The summed E-state index contributed by atoms with van der Waals surface area (Å²) in [6.07, 6.45) is 2.21. The Balaban J connectivity index is 1.96. The summed E-state index contributed by atoms with van der Waals surface area (Å²) in [7, 11) is 4.32. The second-order valence-corrected chi connectivity index (χ2v) is 10.3. The maximum atomic E-state index is 13.7. The number of hydrogen-bond acceptors (Lipinski definition) is 11. The second kappa shape index (κ2) is 13.4. The molecule has 1 amide bonds. The normalized spacial score (nSPS) is 15.7. The Morgan fingerprint density at radius 3 is 2.42 bits per heavy atom. The fraction of sp³-hybridized carbons (Fsp3) is 0.290. The third kappa shape index (κ3) is 6.05. The summed E-state index contributed by atoms with van der Waals surface area (Å²) in [5.74, 6) is -1.64. The van der Waals surface area contributed by atoms with Gasteiger partial charge in [-0.1, -0.05) is 43.0 Å². The molecule has 1 N–H and O–H groups in total. The van der Waals surface area contributed by atoms with Gasteiger partial charge in [-0.05, 0) is 43.2 Å². The van der Waals surface area contributed by atoms with Gasteiger partial charge >= 0.3 is 11.9 Å². The van der Waals surface area contributed by atoms with Crippen molar-refractivity contribution in [2.45, 2.75) is 26.3 Å². The first kappa shape index (κ1) is 31.1. The molecule has 3 aromatic rings. The highest BCUT2D eigenvalue weighted by molar-refractivity contribution is 7.17. The van der Waals surface area contributed by atoms with Crippen molar-refractivity contribution in [1.29, 1.82) is 0 Å². The molecule has 226 valence electrons. The number of aromatic nitrogens is 1. The number of amides is 1. The highest BCUT2D eigenvalue weighted by atomic mass is 32.1. The Kier molecular flexibility index (Phi) is 9.71. The van der Waals surface area contributed by atoms with Gasteiger partial charge in [-0.2, -0.15) is 0 Å². The minimum atomic E-state index is -1.18. The van der Waals surface area contributed by atoms with Crippen molar-refractivity contribution >= 4 is 39.9 Å². The van der Waals surface area contributed by atoms with E-state index in [9.17, 15) is 19.5 Å². The van der Waals surface area contributed by atoms with Crippen molar-refractivity contribution in [2.75, 3.05) is 39.4 Å². The third-order valence-corrected chi connectivity index (χ3v) is 7.67. The van der Waals surface area contributed by atoms with Crippen molar-refractivity contribution < 1.29 is 43.2 Å². The van der Waals surface area contributed by atoms with E-state index in [4.69, 9.17) is 23.7 Å². The molecule has 2 aromatic carbocycles. The van der Waals surface area contributed by atoms with Gasteiger partial charge in [0.2, 0.25) is 5.75 Å². The topological polar surface area (TPSA) is 134 Å². The Hall–Kier alpha value is -4.84. The number of ether oxygens (including phenoxy) is 5. The van der Waals surface area contributed by atoms with Gasteiger partial charge in [-0.15, -0.1) is 0 Å². The molecule has 43 heavy (non-hydrogen) atoms. The van der Waals surface area contributed by atoms with Crippen LogP contribution in [0.3, 0.4) is 0 Å². The molecule has 0 spiro atoms. The molecule has 0 saturated carbocycles. The zero-order valence-electron chi connectivity index (χ0n) is 24.5. The van der Waals surface area contributed by atoms with E-state index >= 15 is 0 Å². The highest BCUT2D eigenvalue weighted by Crippen LogP contribution is 2.48. The summed E-state index contributed by atoms with van der Waals surface area (Å²) in [5, 5.41) is 11.6. The first-order valence-corrected chi connectivity index (χ1v) is 14.1. The molecule has 1 aromatic heterocycles. The number of aliphatic hydroxyl groups excluding tert-OH is 1. The summed E-state index contributed by atoms with van der Waals surface area (Å²) in [5.41, 5.74) is 0.737. The molecule has 1 fully saturated rings. The van der Waals surface area contributed by atoms with E-state index in [0.29, 0.717) is 29.4 Å². The number of rotatable bonds is 12. The largest absolute Gasteiger partial charge is 0.507 e. The third-order valence-electron chi connectivity index (χ3n) is 6.54. The van der Waals surface area contributed by atoms with Crippen LogP contribution in [0.2, 0.25) is 0 Å². The number of anilines is 1. The van der Waals surface area contributed by atoms with Crippen LogP contribution in [-0.2, 0) is 14.3 Å². The van der Waals surface area contributed by atoms with Gasteiger partial charge in [0.15, 0.2) is 16.6 Å². The highest BCUT2D eigenvalue weighted by Gasteiger charge is 2.49. The molecular weight excluding hydrogens is 576 g/mol. The Labute approximate surface area is 252 Å². The Morgan fingerprint density at radius 2 is 1.81 bits per heavy atom. The second-order valence-electron chi connectivity index (χ2n) is 9.30. The van der Waals surface area contributed by atoms with Crippen molar-refractivity contribution in [2.24, 2.45) is 0 Å². The summed E-state index contributed by atoms with van der Waals surface area (Å²) in [6, 6.07) is 8.58. The van der Waals surface area contributed by atoms with Crippen LogP contribution < -0.4 is 23.8 Å². The van der Waals surface area contributed by atoms with E-state index in [-0.39, 0.29) is 39.3 Å². The lowest BCUT2D eigenvalue weighted by Gasteiger charge is -2.24. The van der Waals surface area contributed by atoms with Crippen LogP contribution in [0.5, 0.6) is 23.0 Å². The number of ketones is 1. The van der Waals surface area contributed by atoms with E-state index < -0.39 is 29.5 Å². The smallest absolute Gasteiger partial charge is 0.350 e. The van der Waals surface area contributed by atoms with Crippen LogP contribution in [0.15, 0.2) is 54.6 Å². The van der Waals surface area contributed by atoms with Crippen LogP contribution in [-0.4, -0.2) is 62.3 Å². The number of methoxy groups -OCH3 is 3. The number of aliphatic hydroxyl groups is 1. The maximum Gasteiger partial charge on any atom is 0.350 e. The van der Waals surface area contributed by atoms with Gasteiger partial charge < -0.3 is 28.8 Å². The molecule has 12 heteroatoms. The zero-order chi connectivity index (χ0) is 31.3. The number of aryl methyl sites for hydroxylation is 1. The standard InChI is InChI=1S/C31H32N2O9S/c1-7-12-41-20-11-9-10-18(14-20)25(34)23-24(19-15-21(38-4)27(40-6)22(16-19)39-5)33(29(36)26(23)35)31-32-17(3)28(43-31)30(37)42-13-8-2/h8-11,14-16,24,34H,2,7,12-13H2,1,3-6H3. The monoisotopic (exact) mass is 608 g/mol. The predicted molar refractivity (Wildman–Crippen MR) is 160 cm³/mol. The van der Waals surface area contributed by atoms with Crippen molar-refractivity contribution in [1.82, 2.24) is 4.98 Å². The quantitative estimate of drug-likeness (QED) is 0.0957. The number of Topliss-reactive ketones (excluding diaryl/α,β-unsaturated/α-hetero) is 1. The number of carbonyl (C=O) groups excluding carboxylic acids is 3. The van der Waals surface area contributed by atoms with Crippen molar-refractivity contribution in [3.8, 4) is 23.0 Å². The zero-order valence-corrected chi connectivity index (χ0v) is 25.3. The van der Waals surface area contributed by atoms with Gasteiger partial charge in [0.05, 0.1) is 45.2 Å². The van der Waals surface area contributed by atoms with Crippen LogP contribution >= 0.6 is 11.3 Å². The molecule has 1 atom stereocenters. The van der Waals surface area contributed by atoms with E-state index in [1.807, 2.05) is 6.92 Å². The average Bonchev–Trinajstić information content (AvgIpc) is 3.53. The lowest BCUT2D eigenvalue weighted by atomic mass is 9.94. The van der Waals surface area contributed by atoms with Crippen LogP contribution in [0.1, 0.15) is 45.9 Å². The molecule has 1 aliphatic rings. The fourth-order valence-electron chi connectivity index (χ4n) is 4.59. The molecule has 2 heterocycles. The molecular formula is C31H32N2O9S. The van der Waals surface area contributed by atoms with Gasteiger partial charge in [0.25, 0.3) is 5.78 Å². The minimum Gasteiger partial charge on any atom is -0.507 e. The molecule has 4 rings (SSSR count). The predicted octanol–water partition coefficient (Wildman–Crippen LogP) is 5.24. The van der Waals surface area contributed by atoms with Gasteiger partial charge in [0.1, 0.15) is 23.0 Å².